The molecule has 128 valence electrons. The van der Waals surface area contributed by atoms with Crippen molar-refractivity contribution in [1.82, 2.24) is 29.6 Å². The van der Waals surface area contributed by atoms with Gasteiger partial charge < -0.3 is 4.98 Å². The van der Waals surface area contributed by atoms with E-state index in [0.717, 1.165) is 42.0 Å². The molecule has 4 heterocycles. The number of rotatable bonds is 3. The topological polar surface area (TPSA) is 79.7 Å². The lowest BCUT2D eigenvalue weighted by molar-refractivity contribution is 0.241. The van der Waals surface area contributed by atoms with E-state index in [-0.39, 0.29) is 5.56 Å². The van der Waals surface area contributed by atoms with Gasteiger partial charge in [-0.05, 0) is 19.1 Å². The summed E-state index contributed by atoms with van der Waals surface area (Å²) in [6, 6.07) is 3.74. The molecule has 7 nitrogen and oxygen atoms in total. The Morgan fingerprint density at radius 3 is 2.96 bits per heavy atom. The number of nitrogens with zero attached hydrogens (tertiary/aromatic N) is 5. The maximum absolute atomic E-state index is 12.6. The van der Waals surface area contributed by atoms with Crippen LogP contribution in [0.1, 0.15) is 22.5 Å². The van der Waals surface area contributed by atoms with E-state index in [4.69, 9.17) is 0 Å². The van der Waals surface area contributed by atoms with Gasteiger partial charge in [0.15, 0.2) is 0 Å². The van der Waals surface area contributed by atoms with Crippen LogP contribution in [0.25, 0.3) is 11.4 Å². The SMILES string of the molecule is Cc1nn(C)cc1CN1CCc2nc(-c3cccnc3)[nH]c(=O)c2C1. The van der Waals surface area contributed by atoms with Crippen molar-refractivity contribution in [3.05, 3.63) is 63.6 Å². The van der Waals surface area contributed by atoms with Crippen LogP contribution in [-0.2, 0) is 26.6 Å². The highest BCUT2D eigenvalue weighted by Gasteiger charge is 2.22. The Morgan fingerprint density at radius 2 is 2.24 bits per heavy atom. The average Bonchev–Trinajstić information content (AvgIpc) is 2.93. The molecule has 25 heavy (non-hydrogen) atoms. The number of aryl methyl sites for hydroxylation is 2. The monoisotopic (exact) mass is 336 g/mol. The number of pyridine rings is 1. The minimum Gasteiger partial charge on any atom is -0.306 e. The number of aromatic amines is 1. The molecule has 0 aliphatic carbocycles. The van der Waals surface area contributed by atoms with Crippen LogP contribution in [0.15, 0.2) is 35.5 Å². The van der Waals surface area contributed by atoms with Gasteiger partial charge in [0, 0.05) is 62.8 Å². The molecule has 4 rings (SSSR count). The van der Waals surface area contributed by atoms with Crippen LogP contribution in [0.4, 0.5) is 0 Å². The summed E-state index contributed by atoms with van der Waals surface area (Å²) in [6.45, 7) is 4.30. The van der Waals surface area contributed by atoms with Crippen LogP contribution >= 0.6 is 0 Å². The fraction of sp³-hybridized carbons (Fsp3) is 0.333. The quantitative estimate of drug-likeness (QED) is 0.783. The molecule has 0 fully saturated rings. The van der Waals surface area contributed by atoms with Gasteiger partial charge in [0.25, 0.3) is 5.56 Å². The van der Waals surface area contributed by atoms with E-state index < -0.39 is 0 Å². The standard InChI is InChI=1S/C18H20N6O/c1-12-14(9-23(2)22-12)10-24-7-5-16-15(11-24)18(25)21-17(20-16)13-4-3-6-19-8-13/h3-4,6,8-9H,5,7,10-11H2,1-2H3,(H,20,21,25). The van der Waals surface area contributed by atoms with Crippen LogP contribution in [-0.4, -0.2) is 36.2 Å². The first-order chi connectivity index (χ1) is 12.1. The first kappa shape index (κ1) is 15.7. The van der Waals surface area contributed by atoms with Crippen molar-refractivity contribution in [2.75, 3.05) is 6.54 Å². The molecule has 0 bridgehead atoms. The lowest BCUT2D eigenvalue weighted by atomic mass is 10.1. The van der Waals surface area contributed by atoms with Gasteiger partial charge in [0.2, 0.25) is 0 Å². The van der Waals surface area contributed by atoms with Crippen molar-refractivity contribution in [3.8, 4) is 11.4 Å². The summed E-state index contributed by atoms with van der Waals surface area (Å²) in [5, 5.41) is 4.39. The van der Waals surface area contributed by atoms with E-state index in [2.05, 4.69) is 25.0 Å². The summed E-state index contributed by atoms with van der Waals surface area (Å²) in [5.41, 5.74) is 4.66. The number of fused-ring (bicyclic) bond motifs is 1. The fourth-order valence-corrected chi connectivity index (χ4v) is 3.30. The molecule has 1 aliphatic rings. The third-order valence-corrected chi connectivity index (χ3v) is 4.59. The normalized spacial score (nSPS) is 14.5. The second kappa shape index (κ2) is 6.25. The molecule has 0 unspecified atom stereocenters. The van der Waals surface area contributed by atoms with Crippen molar-refractivity contribution in [2.45, 2.75) is 26.4 Å². The van der Waals surface area contributed by atoms with Gasteiger partial charge in [-0.25, -0.2) is 4.98 Å². The van der Waals surface area contributed by atoms with E-state index in [1.54, 1.807) is 12.4 Å². The van der Waals surface area contributed by atoms with E-state index in [0.29, 0.717) is 12.4 Å². The maximum atomic E-state index is 12.6. The second-order valence-corrected chi connectivity index (χ2v) is 6.46. The molecule has 0 amide bonds. The number of H-pyrrole nitrogens is 1. The van der Waals surface area contributed by atoms with E-state index in [1.807, 2.05) is 37.0 Å². The van der Waals surface area contributed by atoms with E-state index in [9.17, 15) is 4.79 Å². The van der Waals surface area contributed by atoms with E-state index >= 15 is 0 Å². The van der Waals surface area contributed by atoms with Crippen LogP contribution in [0.2, 0.25) is 0 Å². The van der Waals surface area contributed by atoms with Crippen molar-refractivity contribution >= 4 is 0 Å². The summed E-state index contributed by atoms with van der Waals surface area (Å²) in [5.74, 6) is 0.591. The highest BCUT2D eigenvalue weighted by Crippen LogP contribution is 2.20. The average molecular weight is 336 g/mol. The molecular formula is C18H20N6O. The predicted octanol–water partition coefficient (Wildman–Crippen LogP) is 1.43. The fourth-order valence-electron chi connectivity index (χ4n) is 3.30. The zero-order chi connectivity index (χ0) is 17.4. The van der Waals surface area contributed by atoms with Crippen LogP contribution in [0.5, 0.6) is 0 Å². The number of nitrogens with one attached hydrogen (secondary N) is 1. The van der Waals surface area contributed by atoms with Crippen LogP contribution in [0, 0.1) is 6.92 Å². The molecule has 3 aromatic heterocycles. The van der Waals surface area contributed by atoms with Crippen LogP contribution in [0.3, 0.4) is 0 Å². The summed E-state index contributed by atoms with van der Waals surface area (Å²) >= 11 is 0. The van der Waals surface area contributed by atoms with E-state index in [1.165, 1.54) is 5.56 Å². The third kappa shape index (κ3) is 3.10. The van der Waals surface area contributed by atoms with Crippen molar-refractivity contribution in [2.24, 2.45) is 7.05 Å². The van der Waals surface area contributed by atoms with Gasteiger partial charge in [-0.3, -0.25) is 19.4 Å². The Kier molecular flexibility index (Phi) is 3.93. The Labute approximate surface area is 145 Å². The van der Waals surface area contributed by atoms with Gasteiger partial charge in [-0.15, -0.1) is 0 Å². The second-order valence-electron chi connectivity index (χ2n) is 6.46. The van der Waals surface area contributed by atoms with Crippen molar-refractivity contribution in [3.63, 3.8) is 0 Å². The molecule has 7 heteroatoms. The number of hydrogen-bond donors (Lipinski definition) is 1. The van der Waals surface area contributed by atoms with Crippen molar-refractivity contribution < 1.29 is 0 Å². The van der Waals surface area contributed by atoms with Gasteiger partial charge in [0.05, 0.1) is 17.0 Å². The predicted molar refractivity (Wildman–Crippen MR) is 93.9 cm³/mol. The van der Waals surface area contributed by atoms with Gasteiger partial charge in [-0.1, -0.05) is 0 Å². The molecule has 0 radical (unpaired) electrons. The first-order valence-electron chi connectivity index (χ1n) is 8.34. The zero-order valence-electron chi connectivity index (χ0n) is 14.4. The Morgan fingerprint density at radius 1 is 1.36 bits per heavy atom. The summed E-state index contributed by atoms with van der Waals surface area (Å²) in [4.78, 5) is 26.5. The summed E-state index contributed by atoms with van der Waals surface area (Å²) in [6.07, 6.45) is 6.23. The third-order valence-electron chi connectivity index (χ3n) is 4.59. The molecule has 0 atom stereocenters. The highest BCUT2D eigenvalue weighted by atomic mass is 16.1. The maximum Gasteiger partial charge on any atom is 0.255 e. The number of aromatic nitrogens is 5. The summed E-state index contributed by atoms with van der Waals surface area (Å²) in [7, 11) is 1.93. The van der Waals surface area contributed by atoms with Gasteiger partial charge in [-0.2, -0.15) is 5.10 Å². The molecule has 1 aliphatic heterocycles. The van der Waals surface area contributed by atoms with Crippen LogP contribution < -0.4 is 5.56 Å². The van der Waals surface area contributed by atoms with Gasteiger partial charge in [0.1, 0.15) is 5.82 Å². The smallest absolute Gasteiger partial charge is 0.255 e. The molecule has 0 aromatic carbocycles. The van der Waals surface area contributed by atoms with Crippen molar-refractivity contribution in [1.29, 1.82) is 0 Å². The largest absolute Gasteiger partial charge is 0.306 e. The first-order valence-corrected chi connectivity index (χ1v) is 8.34. The Balaban J connectivity index is 1.59. The highest BCUT2D eigenvalue weighted by molar-refractivity contribution is 5.53. The summed E-state index contributed by atoms with van der Waals surface area (Å²) < 4.78 is 1.83. The number of hydrogen-bond acceptors (Lipinski definition) is 5. The molecular weight excluding hydrogens is 316 g/mol. The Bertz CT molecular complexity index is 959. The zero-order valence-corrected chi connectivity index (χ0v) is 14.4. The molecule has 0 saturated carbocycles. The lowest BCUT2D eigenvalue weighted by Crippen LogP contribution is -2.35. The lowest BCUT2D eigenvalue weighted by Gasteiger charge is -2.27. The molecule has 0 spiro atoms. The molecule has 3 aromatic rings. The Hall–Kier alpha value is -2.80. The minimum absolute atomic E-state index is 0.0588. The van der Waals surface area contributed by atoms with Gasteiger partial charge >= 0.3 is 0 Å². The minimum atomic E-state index is -0.0588. The molecule has 0 saturated heterocycles. The molecule has 1 N–H and O–H groups in total.